The Labute approximate surface area is 94.6 Å². The number of nitrogens with zero attached hydrogens (tertiary/aromatic N) is 1. The molecule has 1 aliphatic heterocycles. The van der Waals surface area contributed by atoms with Crippen LogP contribution in [0, 0.1) is 0 Å². The van der Waals surface area contributed by atoms with Gasteiger partial charge in [0.2, 0.25) is 0 Å². The molecule has 0 radical (unpaired) electrons. The van der Waals surface area contributed by atoms with Gasteiger partial charge in [-0.15, -0.1) is 0 Å². The Morgan fingerprint density at radius 2 is 1.43 bits per heavy atom. The van der Waals surface area contributed by atoms with Gasteiger partial charge in [0.15, 0.2) is 0 Å². The third kappa shape index (κ3) is 10.4. The van der Waals surface area contributed by atoms with Crippen LogP contribution in [0.1, 0.15) is 46.0 Å². The molecular weight excluding hydrogens is 190 g/mol. The van der Waals surface area contributed by atoms with Gasteiger partial charge in [-0.3, -0.25) is 0 Å². The number of unbranched alkanes of at least 4 members (excludes halogenated alkanes) is 4. The van der Waals surface area contributed by atoms with E-state index in [9.17, 15) is 0 Å². The Morgan fingerprint density at radius 3 is 1.71 bits per heavy atom. The van der Waals surface area contributed by atoms with Crippen LogP contribution in [0.4, 0.5) is 0 Å². The highest BCUT2D eigenvalue weighted by atomic mass is 32.2. The maximum absolute atomic E-state index is 2.37. The molecule has 0 bridgehead atoms. The van der Waals surface area contributed by atoms with Crippen LogP contribution < -0.4 is 0 Å². The summed E-state index contributed by atoms with van der Waals surface area (Å²) < 4.78 is 0. The molecule has 1 fully saturated rings. The van der Waals surface area contributed by atoms with Crippen molar-refractivity contribution >= 4 is 11.8 Å². The molecule has 0 saturated carbocycles. The second-order valence-electron chi connectivity index (χ2n) is 3.98. The molecule has 0 aromatic heterocycles. The lowest BCUT2D eigenvalue weighted by Crippen LogP contribution is -2.28. The third-order valence-electron chi connectivity index (χ3n) is 2.44. The quantitative estimate of drug-likeness (QED) is 0.661. The third-order valence-corrected chi connectivity index (χ3v) is 3.38. The molecule has 0 aliphatic carbocycles. The lowest BCUT2D eigenvalue weighted by Gasteiger charge is -2.20. The van der Waals surface area contributed by atoms with Crippen molar-refractivity contribution in [3.05, 3.63) is 0 Å². The molecule has 1 rings (SSSR count). The zero-order chi connectivity index (χ0) is 10.6. The molecule has 2 heteroatoms. The summed E-state index contributed by atoms with van der Waals surface area (Å²) in [6.07, 6.45) is 7.01. The van der Waals surface area contributed by atoms with Crippen molar-refractivity contribution in [1.29, 1.82) is 0 Å². The first-order valence-electron chi connectivity index (χ1n) is 6.07. The highest BCUT2D eigenvalue weighted by Gasteiger charge is 2.02. The van der Waals surface area contributed by atoms with Crippen molar-refractivity contribution in [1.82, 2.24) is 4.90 Å². The minimum absolute atomic E-state index is 1.28. The maximum Gasteiger partial charge on any atom is 0.00696 e. The molecule has 0 spiro atoms. The van der Waals surface area contributed by atoms with E-state index in [0.29, 0.717) is 0 Å². The van der Waals surface area contributed by atoms with Gasteiger partial charge < -0.3 is 4.90 Å². The van der Waals surface area contributed by atoms with Crippen molar-refractivity contribution in [2.75, 3.05) is 31.6 Å². The SMILES string of the molecule is CCCCCCC.CN1CCSCC1. The predicted molar refractivity (Wildman–Crippen MR) is 69.3 cm³/mol. The number of thioether (sulfide) groups is 1. The van der Waals surface area contributed by atoms with E-state index in [2.05, 4.69) is 37.6 Å². The van der Waals surface area contributed by atoms with Crippen molar-refractivity contribution in [2.45, 2.75) is 46.0 Å². The average Bonchev–Trinajstić information content (AvgIpc) is 2.21. The highest BCUT2D eigenvalue weighted by Crippen LogP contribution is 2.05. The summed E-state index contributed by atoms with van der Waals surface area (Å²) in [4.78, 5) is 2.37. The van der Waals surface area contributed by atoms with Gasteiger partial charge in [-0.2, -0.15) is 11.8 Å². The smallest absolute Gasteiger partial charge is 0.00696 e. The molecule has 0 aromatic rings. The summed E-state index contributed by atoms with van der Waals surface area (Å²) in [5.74, 6) is 2.66. The number of hydrogen-bond donors (Lipinski definition) is 0. The van der Waals surface area contributed by atoms with Gasteiger partial charge in [-0.05, 0) is 7.05 Å². The Bertz CT molecular complexity index is 96.5. The first-order valence-corrected chi connectivity index (χ1v) is 7.23. The molecule has 0 amide bonds. The summed E-state index contributed by atoms with van der Waals surface area (Å²) in [5, 5.41) is 0. The van der Waals surface area contributed by atoms with E-state index < -0.39 is 0 Å². The summed E-state index contributed by atoms with van der Waals surface area (Å²) in [7, 11) is 2.18. The monoisotopic (exact) mass is 217 g/mol. The van der Waals surface area contributed by atoms with E-state index in [-0.39, 0.29) is 0 Å². The van der Waals surface area contributed by atoms with E-state index >= 15 is 0 Å². The zero-order valence-electron chi connectivity index (χ0n) is 10.2. The maximum atomic E-state index is 2.37. The molecular formula is C12H27NS. The average molecular weight is 217 g/mol. The van der Waals surface area contributed by atoms with Crippen LogP contribution in [-0.4, -0.2) is 36.5 Å². The summed E-state index contributed by atoms with van der Waals surface area (Å²) in [6, 6.07) is 0. The molecule has 0 N–H and O–H groups in total. The van der Waals surface area contributed by atoms with Crippen molar-refractivity contribution < 1.29 is 0 Å². The van der Waals surface area contributed by atoms with Crippen LogP contribution in [0.2, 0.25) is 0 Å². The zero-order valence-corrected chi connectivity index (χ0v) is 11.0. The standard InChI is InChI=1S/C7H16.C5H11NS/c1-3-5-7-6-4-2;1-6-2-4-7-5-3-6/h3-7H2,1-2H3;2-5H2,1H3. The summed E-state index contributed by atoms with van der Waals surface area (Å²) in [5.41, 5.74) is 0. The predicted octanol–water partition coefficient (Wildman–Crippen LogP) is 3.64. The molecule has 1 heterocycles. The van der Waals surface area contributed by atoms with E-state index in [1.807, 2.05) is 0 Å². The van der Waals surface area contributed by atoms with Crippen molar-refractivity contribution in [2.24, 2.45) is 0 Å². The van der Waals surface area contributed by atoms with Gasteiger partial charge in [0.05, 0.1) is 0 Å². The molecule has 1 nitrogen and oxygen atoms in total. The molecule has 14 heavy (non-hydrogen) atoms. The minimum Gasteiger partial charge on any atom is -0.305 e. The molecule has 1 saturated heterocycles. The Kier molecular flexibility index (Phi) is 11.6. The highest BCUT2D eigenvalue weighted by molar-refractivity contribution is 7.99. The number of hydrogen-bond acceptors (Lipinski definition) is 2. The second kappa shape index (κ2) is 11.4. The van der Waals surface area contributed by atoms with Gasteiger partial charge in [0.1, 0.15) is 0 Å². The molecule has 0 atom stereocenters. The van der Waals surface area contributed by atoms with Gasteiger partial charge in [0, 0.05) is 24.6 Å². The lowest BCUT2D eigenvalue weighted by atomic mass is 10.2. The fourth-order valence-electron chi connectivity index (χ4n) is 1.33. The summed E-state index contributed by atoms with van der Waals surface area (Å²) >= 11 is 2.06. The minimum atomic E-state index is 1.28. The van der Waals surface area contributed by atoms with E-state index in [1.165, 1.54) is 56.7 Å². The van der Waals surface area contributed by atoms with Gasteiger partial charge >= 0.3 is 0 Å². The van der Waals surface area contributed by atoms with Crippen LogP contribution in [-0.2, 0) is 0 Å². The van der Waals surface area contributed by atoms with Gasteiger partial charge in [-0.1, -0.05) is 46.0 Å². The second-order valence-corrected chi connectivity index (χ2v) is 5.20. The topological polar surface area (TPSA) is 3.24 Å². The Morgan fingerprint density at radius 1 is 0.929 bits per heavy atom. The molecule has 86 valence electrons. The molecule has 1 aliphatic rings. The van der Waals surface area contributed by atoms with E-state index in [4.69, 9.17) is 0 Å². The van der Waals surface area contributed by atoms with Crippen LogP contribution >= 0.6 is 11.8 Å². The van der Waals surface area contributed by atoms with E-state index in [1.54, 1.807) is 0 Å². The summed E-state index contributed by atoms with van der Waals surface area (Å²) in [6.45, 7) is 7.06. The van der Waals surface area contributed by atoms with Crippen LogP contribution in [0.15, 0.2) is 0 Å². The Balaban J connectivity index is 0.000000241. The van der Waals surface area contributed by atoms with Gasteiger partial charge in [-0.25, -0.2) is 0 Å². The normalized spacial score (nSPS) is 17.4. The van der Waals surface area contributed by atoms with Crippen LogP contribution in [0.25, 0.3) is 0 Å². The largest absolute Gasteiger partial charge is 0.305 e. The number of rotatable bonds is 4. The first kappa shape index (κ1) is 14.3. The first-order chi connectivity index (χ1) is 6.81. The van der Waals surface area contributed by atoms with Crippen LogP contribution in [0.3, 0.4) is 0 Å². The van der Waals surface area contributed by atoms with Crippen molar-refractivity contribution in [3.8, 4) is 0 Å². The lowest BCUT2D eigenvalue weighted by molar-refractivity contribution is 0.372. The molecule has 0 unspecified atom stereocenters. The van der Waals surface area contributed by atoms with E-state index in [0.717, 1.165) is 0 Å². The van der Waals surface area contributed by atoms with Crippen molar-refractivity contribution in [3.63, 3.8) is 0 Å². The molecule has 0 aromatic carbocycles. The van der Waals surface area contributed by atoms with Crippen LogP contribution in [0.5, 0.6) is 0 Å². The Hall–Kier alpha value is 0.310. The fourth-order valence-corrected chi connectivity index (χ4v) is 2.42. The fraction of sp³-hybridized carbons (Fsp3) is 1.00. The van der Waals surface area contributed by atoms with Gasteiger partial charge in [0.25, 0.3) is 0 Å².